The molecule has 0 bridgehead atoms. The number of rotatable bonds is 1. The van der Waals surface area contributed by atoms with Crippen LogP contribution in [0.15, 0.2) is 12.7 Å². The summed E-state index contributed by atoms with van der Waals surface area (Å²) in [4.78, 5) is 15.1. The fourth-order valence-electron chi connectivity index (χ4n) is 3.71. The van der Waals surface area contributed by atoms with Gasteiger partial charge < -0.3 is 4.74 Å². The summed E-state index contributed by atoms with van der Waals surface area (Å²) >= 11 is 1.66. The number of ether oxygens (including phenoxy) is 1. The zero-order valence-electron chi connectivity index (χ0n) is 14.7. The minimum absolute atomic E-state index is 0.178. The molecular weight excluding hydrogens is 334 g/mol. The standard InChI is InChI=1S/C18H19N5OS/c1-9(2)13-11-6-24-18(3,4)5-10(11)12-14-15(25-17(12)22-13)16-19-7-21-23(16)8-20-14/h7-9H,5-6H2,1-4H3. The van der Waals surface area contributed by atoms with Crippen molar-refractivity contribution < 1.29 is 4.74 Å². The van der Waals surface area contributed by atoms with Crippen molar-refractivity contribution in [2.45, 2.75) is 52.2 Å². The number of fused-ring (bicyclic) bond motifs is 7. The molecule has 0 atom stereocenters. The van der Waals surface area contributed by atoms with Crippen molar-refractivity contribution in [1.29, 1.82) is 0 Å². The summed E-state index contributed by atoms with van der Waals surface area (Å²) < 4.78 is 8.87. The molecule has 0 amide bonds. The highest BCUT2D eigenvalue weighted by atomic mass is 32.1. The molecule has 5 heterocycles. The second-order valence-corrected chi connectivity index (χ2v) is 8.57. The Balaban J connectivity index is 1.95. The van der Waals surface area contributed by atoms with Crippen LogP contribution in [0.4, 0.5) is 0 Å². The lowest BCUT2D eigenvalue weighted by molar-refractivity contribution is -0.0402. The zero-order chi connectivity index (χ0) is 17.3. The molecule has 4 aromatic heterocycles. The van der Waals surface area contributed by atoms with Crippen LogP contribution in [0.2, 0.25) is 0 Å². The maximum Gasteiger partial charge on any atom is 0.176 e. The van der Waals surface area contributed by atoms with Gasteiger partial charge in [0.05, 0.1) is 23.4 Å². The number of hydrogen-bond acceptors (Lipinski definition) is 6. The van der Waals surface area contributed by atoms with E-state index >= 15 is 0 Å². The molecule has 25 heavy (non-hydrogen) atoms. The summed E-state index contributed by atoms with van der Waals surface area (Å²) in [7, 11) is 0. The summed E-state index contributed by atoms with van der Waals surface area (Å²) in [6.07, 6.45) is 4.18. The van der Waals surface area contributed by atoms with Crippen LogP contribution in [0.3, 0.4) is 0 Å². The number of thiophene rings is 1. The first-order valence-corrected chi connectivity index (χ1v) is 9.32. The molecule has 128 valence electrons. The molecule has 0 radical (unpaired) electrons. The molecule has 4 aromatic rings. The van der Waals surface area contributed by atoms with Crippen molar-refractivity contribution in [3.63, 3.8) is 0 Å². The molecule has 0 saturated carbocycles. The molecule has 5 rings (SSSR count). The van der Waals surface area contributed by atoms with Crippen molar-refractivity contribution in [3.8, 4) is 0 Å². The Bertz CT molecular complexity index is 1140. The summed E-state index contributed by atoms with van der Waals surface area (Å²) in [6.45, 7) is 9.29. The molecule has 7 heteroatoms. The van der Waals surface area contributed by atoms with Crippen LogP contribution < -0.4 is 0 Å². The van der Waals surface area contributed by atoms with Crippen molar-refractivity contribution in [1.82, 2.24) is 24.6 Å². The average molecular weight is 353 g/mol. The van der Waals surface area contributed by atoms with Gasteiger partial charge in [0.2, 0.25) is 0 Å². The van der Waals surface area contributed by atoms with E-state index in [-0.39, 0.29) is 5.60 Å². The van der Waals surface area contributed by atoms with Crippen LogP contribution in [0.25, 0.3) is 26.1 Å². The first kappa shape index (κ1) is 15.2. The Hall–Kier alpha value is -2.12. The average Bonchev–Trinajstić information content (AvgIpc) is 3.16. The Morgan fingerprint density at radius 1 is 1.24 bits per heavy atom. The van der Waals surface area contributed by atoms with E-state index < -0.39 is 0 Å². The third kappa shape index (κ3) is 2.12. The minimum Gasteiger partial charge on any atom is -0.370 e. The topological polar surface area (TPSA) is 65.2 Å². The number of nitrogens with zero attached hydrogens (tertiary/aromatic N) is 5. The fraction of sp³-hybridized carbons (Fsp3) is 0.444. The quantitative estimate of drug-likeness (QED) is 0.520. The lowest BCUT2D eigenvalue weighted by Crippen LogP contribution is -2.32. The first-order chi connectivity index (χ1) is 11.9. The van der Waals surface area contributed by atoms with Gasteiger partial charge in [-0.3, -0.25) is 0 Å². The Kier molecular flexibility index (Phi) is 3.00. The monoisotopic (exact) mass is 353 g/mol. The van der Waals surface area contributed by atoms with Crippen LogP contribution in [0.1, 0.15) is 50.4 Å². The van der Waals surface area contributed by atoms with Gasteiger partial charge in [-0.25, -0.2) is 19.5 Å². The lowest BCUT2D eigenvalue weighted by atomic mass is 9.87. The molecule has 0 N–H and O–H groups in total. The highest BCUT2D eigenvalue weighted by Gasteiger charge is 2.32. The largest absolute Gasteiger partial charge is 0.370 e. The third-order valence-corrected chi connectivity index (χ3v) is 5.96. The maximum atomic E-state index is 6.09. The van der Waals surface area contributed by atoms with E-state index in [0.717, 1.165) is 32.8 Å². The molecule has 1 aliphatic heterocycles. The van der Waals surface area contributed by atoms with Gasteiger partial charge >= 0.3 is 0 Å². The Morgan fingerprint density at radius 2 is 2.08 bits per heavy atom. The fourth-order valence-corrected chi connectivity index (χ4v) is 4.85. The number of hydrogen-bond donors (Lipinski definition) is 0. The minimum atomic E-state index is -0.178. The highest BCUT2D eigenvalue weighted by molar-refractivity contribution is 7.26. The number of aromatic nitrogens is 5. The lowest BCUT2D eigenvalue weighted by Gasteiger charge is -2.33. The normalized spacial score (nSPS) is 17.0. The molecule has 1 aliphatic rings. The van der Waals surface area contributed by atoms with E-state index in [1.54, 1.807) is 28.5 Å². The highest BCUT2D eigenvalue weighted by Crippen LogP contribution is 2.42. The molecule has 0 fully saturated rings. The second kappa shape index (κ2) is 4.95. The SMILES string of the molecule is CC(C)c1nc2sc3c(ncn4ncnc34)c2c2c1COC(C)(C)C2. The second-order valence-electron chi connectivity index (χ2n) is 7.57. The van der Waals surface area contributed by atoms with Crippen LogP contribution in [0, 0.1) is 0 Å². The Labute approximate surface area is 148 Å². The van der Waals surface area contributed by atoms with Gasteiger partial charge in [-0.15, -0.1) is 11.3 Å². The van der Waals surface area contributed by atoms with E-state index in [2.05, 4.69) is 37.8 Å². The Morgan fingerprint density at radius 3 is 2.88 bits per heavy atom. The van der Waals surface area contributed by atoms with Crippen molar-refractivity contribution in [2.75, 3.05) is 0 Å². The third-order valence-electron chi connectivity index (χ3n) is 4.89. The smallest absolute Gasteiger partial charge is 0.176 e. The van der Waals surface area contributed by atoms with Gasteiger partial charge in [0, 0.05) is 17.4 Å². The van der Waals surface area contributed by atoms with Gasteiger partial charge in [0.25, 0.3) is 0 Å². The first-order valence-electron chi connectivity index (χ1n) is 8.51. The van der Waals surface area contributed by atoms with Gasteiger partial charge in [0.1, 0.15) is 22.2 Å². The molecule has 0 unspecified atom stereocenters. The number of pyridine rings is 1. The summed E-state index contributed by atoms with van der Waals surface area (Å²) in [6, 6.07) is 0. The molecule has 0 saturated heterocycles. The van der Waals surface area contributed by atoms with E-state index in [4.69, 9.17) is 14.7 Å². The van der Waals surface area contributed by atoms with Gasteiger partial charge in [-0.05, 0) is 25.3 Å². The predicted molar refractivity (Wildman–Crippen MR) is 98.1 cm³/mol. The van der Waals surface area contributed by atoms with E-state index in [9.17, 15) is 0 Å². The van der Waals surface area contributed by atoms with E-state index in [0.29, 0.717) is 12.5 Å². The predicted octanol–water partition coefficient (Wildman–Crippen LogP) is 3.86. The summed E-state index contributed by atoms with van der Waals surface area (Å²) in [5.41, 5.74) is 5.37. The van der Waals surface area contributed by atoms with Crippen molar-refractivity contribution in [2.24, 2.45) is 0 Å². The zero-order valence-corrected chi connectivity index (χ0v) is 15.5. The van der Waals surface area contributed by atoms with Gasteiger partial charge in [-0.2, -0.15) is 5.10 Å². The van der Waals surface area contributed by atoms with Gasteiger partial charge in [0.15, 0.2) is 5.65 Å². The molecule has 6 nitrogen and oxygen atoms in total. The molecular formula is C18H19N5OS. The van der Waals surface area contributed by atoms with E-state index in [1.807, 2.05) is 0 Å². The van der Waals surface area contributed by atoms with E-state index in [1.165, 1.54) is 16.5 Å². The molecule has 0 spiro atoms. The van der Waals surface area contributed by atoms with Crippen molar-refractivity contribution in [3.05, 3.63) is 29.5 Å². The summed E-state index contributed by atoms with van der Waals surface area (Å²) in [5, 5.41) is 5.37. The van der Waals surface area contributed by atoms with Gasteiger partial charge in [-0.1, -0.05) is 13.8 Å². The molecule has 0 aromatic carbocycles. The molecule has 0 aliphatic carbocycles. The van der Waals surface area contributed by atoms with Crippen molar-refractivity contribution >= 4 is 37.4 Å². The van der Waals surface area contributed by atoms with Crippen LogP contribution in [-0.4, -0.2) is 30.2 Å². The van der Waals surface area contributed by atoms with Crippen LogP contribution in [0.5, 0.6) is 0 Å². The van der Waals surface area contributed by atoms with Crippen LogP contribution >= 0.6 is 11.3 Å². The summed E-state index contributed by atoms with van der Waals surface area (Å²) in [5.74, 6) is 0.356. The van der Waals surface area contributed by atoms with Crippen LogP contribution in [-0.2, 0) is 17.8 Å². The maximum absolute atomic E-state index is 6.09.